The summed E-state index contributed by atoms with van der Waals surface area (Å²) in [4.78, 5) is 0. The van der Waals surface area contributed by atoms with E-state index in [1.54, 1.807) is 0 Å². The summed E-state index contributed by atoms with van der Waals surface area (Å²) in [5, 5.41) is 29.2. The molecule has 3 aromatic carbocycles. The van der Waals surface area contributed by atoms with E-state index in [0.717, 1.165) is 33.4 Å². The van der Waals surface area contributed by atoms with Crippen molar-refractivity contribution in [1.82, 2.24) is 10.6 Å². The van der Waals surface area contributed by atoms with Crippen LogP contribution in [0, 0.1) is 13.8 Å². The first-order valence-corrected chi connectivity index (χ1v) is 12.9. The fourth-order valence-corrected chi connectivity index (χ4v) is 4.70. The summed E-state index contributed by atoms with van der Waals surface area (Å²) in [6, 6.07) is 18.7. The average molecular weight is 544 g/mol. The van der Waals surface area contributed by atoms with Crippen LogP contribution in [0.15, 0.2) is 54.6 Å². The molecule has 0 aliphatic carbocycles. The van der Waals surface area contributed by atoms with Crippen LogP contribution in [0.1, 0.15) is 86.5 Å². The predicted molar refractivity (Wildman–Crippen MR) is 151 cm³/mol. The topological polar surface area (TPSA) is 64.5 Å². The van der Waals surface area contributed by atoms with Crippen molar-refractivity contribution in [1.29, 1.82) is 0 Å². The van der Waals surface area contributed by atoms with Gasteiger partial charge in [-0.25, -0.2) is 0 Å². The van der Waals surface area contributed by atoms with E-state index < -0.39 is 0 Å². The smallest absolute Gasteiger partial charge is 0.123 e. The van der Waals surface area contributed by atoms with E-state index in [9.17, 15) is 10.2 Å². The molecule has 3 rings (SSSR count). The molecule has 0 aromatic heterocycles. The van der Waals surface area contributed by atoms with E-state index in [2.05, 4.69) is 102 Å². The molecule has 0 saturated carbocycles. The largest absolute Gasteiger partial charge is 0.507 e. The number of phenols is 2. The Morgan fingerprint density at radius 1 is 0.703 bits per heavy atom. The molecule has 37 heavy (non-hydrogen) atoms. The minimum Gasteiger partial charge on any atom is -0.507 e. The molecule has 0 bridgehead atoms. The first-order valence-electron chi connectivity index (χ1n) is 12.9. The third-order valence-corrected chi connectivity index (χ3v) is 6.69. The molecular formula is C32H44MnN2O2. The Bertz CT molecular complexity index is 1180. The Labute approximate surface area is 234 Å². The summed E-state index contributed by atoms with van der Waals surface area (Å²) in [7, 11) is 0. The van der Waals surface area contributed by atoms with Crippen molar-refractivity contribution in [2.24, 2.45) is 0 Å². The van der Waals surface area contributed by atoms with Crippen molar-refractivity contribution in [2.75, 3.05) is 6.54 Å². The molecule has 4 N–H and O–H groups in total. The molecule has 0 amide bonds. The maximum absolute atomic E-state index is 11.0. The molecule has 0 heterocycles. The van der Waals surface area contributed by atoms with Crippen LogP contribution in [0.25, 0.3) is 0 Å². The molecule has 4 nitrogen and oxygen atoms in total. The zero-order valence-electron chi connectivity index (χ0n) is 23.7. The minimum absolute atomic E-state index is 0. The van der Waals surface area contributed by atoms with E-state index in [0.29, 0.717) is 31.1 Å². The number of hydrogen-bond acceptors (Lipinski definition) is 4. The third-order valence-electron chi connectivity index (χ3n) is 6.69. The van der Waals surface area contributed by atoms with Gasteiger partial charge in [-0.05, 0) is 41.4 Å². The fraction of sp³-hybridized carbons (Fsp3) is 0.438. The van der Waals surface area contributed by atoms with Crippen molar-refractivity contribution in [3.8, 4) is 11.5 Å². The summed E-state index contributed by atoms with van der Waals surface area (Å²) in [6.07, 6.45) is 0. The van der Waals surface area contributed by atoms with Crippen LogP contribution < -0.4 is 10.6 Å². The van der Waals surface area contributed by atoms with Crippen molar-refractivity contribution >= 4 is 0 Å². The molecule has 0 spiro atoms. The van der Waals surface area contributed by atoms with Crippen LogP contribution in [0.5, 0.6) is 11.5 Å². The van der Waals surface area contributed by atoms with Gasteiger partial charge in [-0.1, -0.05) is 107 Å². The van der Waals surface area contributed by atoms with Crippen LogP contribution in [0.3, 0.4) is 0 Å². The molecule has 201 valence electrons. The van der Waals surface area contributed by atoms with Crippen LogP contribution >= 0.6 is 0 Å². The maximum Gasteiger partial charge on any atom is 0.123 e. The molecule has 0 fully saturated rings. The summed E-state index contributed by atoms with van der Waals surface area (Å²) < 4.78 is 0. The molecule has 0 unspecified atom stereocenters. The van der Waals surface area contributed by atoms with Gasteiger partial charge in [-0.15, -0.1) is 0 Å². The second-order valence-corrected chi connectivity index (χ2v) is 12.1. The first-order chi connectivity index (χ1) is 16.8. The summed E-state index contributed by atoms with van der Waals surface area (Å²) in [6.45, 7) is 18.7. The number of rotatable bonds is 8. The van der Waals surface area contributed by atoms with Crippen molar-refractivity contribution in [3.05, 3.63) is 93.5 Å². The molecule has 0 saturated heterocycles. The molecule has 0 aliphatic heterocycles. The molecule has 0 aliphatic rings. The van der Waals surface area contributed by atoms with Crippen LogP contribution in [0.4, 0.5) is 0 Å². The number of benzene rings is 3. The van der Waals surface area contributed by atoms with Gasteiger partial charge in [0.1, 0.15) is 11.5 Å². The first kappa shape index (κ1) is 30.9. The average Bonchev–Trinajstić information content (AvgIpc) is 2.79. The van der Waals surface area contributed by atoms with Crippen molar-refractivity contribution in [2.45, 2.75) is 85.4 Å². The monoisotopic (exact) mass is 543 g/mol. The predicted octanol–water partition coefficient (Wildman–Crippen LogP) is 6.93. The van der Waals surface area contributed by atoms with Gasteiger partial charge in [0, 0.05) is 53.9 Å². The Morgan fingerprint density at radius 2 is 1.16 bits per heavy atom. The van der Waals surface area contributed by atoms with Gasteiger partial charge < -0.3 is 20.8 Å². The summed E-state index contributed by atoms with van der Waals surface area (Å²) in [5.41, 5.74) is 6.99. The van der Waals surface area contributed by atoms with Gasteiger partial charge in [0.15, 0.2) is 0 Å². The number of phenolic OH excluding ortho intramolecular Hbond substituents is 2. The normalized spacial score (nSPS) is 12.8. The van der Waals surface area contributed by atoms with Gasteiger partial charge in [0.25, 0.3) is 0 Å². The maximum atomic E-state index is 11.0. The van der Waals surface area contributed by atoms with Crippen molar-refractivity contribution < 1.29 is 27.3 Å². The minimum atomic E-state index is -0.132. The Kier molecular flexibility index (Phi) is 10.4. The molecule has 1 atom stereocenters. The summed E-state index contributed by atoms with van der Waals surface area (Å²) in [5.74, 6) is 0.754. The number of nitrogens with one attached hydrogen (secondary N) is 2. The van der Waals surface area contributed by atoms with Gasteiger partial charge in [-0.2, -0.15) is 0 Å². The molecule has 1 radical (unpaired) electrons. The van der Waals surface area contributed by atoms with E-state index >= 15 is 0 Å². The Balaban J connectivity index is 0.00000481. The SMILES string of the molecule is Cc1cc(CNC[C@H](NCc2cc(C)cc(C(C)(C)C)c2O)c2ccccc2)c(O)c(C(C)(C)C)c1.[Mn]. The van der Waals surface area contributed by atoms with Gasteiger partial charge >= 0.3 is 0 Å². The van der Waals surface area contributed by atoms with Crippen molar-refractivity contribution in [3.63, 3.8) is 0 Å². The number of aryl methyl sites for hydroxylation is 2. The molecular weight excluding hydrogens is 499 g/mol. The Hall–Kier alpha value is -2.30. The van der Waals surface area contributed by atoms with E-state index in [4.69, 9.17) is 0 Å². The van der Waals surface area contributed by atoms with Crippen LogP contribution in [0.2, 0.25) is 0 Å². The van der Waals surface area contributed by atoms with E-state index in [-0.39, 0.29) is 33.9 Å². The van der Waals surface area contributed by atoms with E-state index in [1.165, 1.54) is 5.56 Å². The second kappa shape index (κ2) is 12.5. The van der Waals surface area contributed by atoms with Gasteiger partial charge in [0.2, 0.25) is 0 Å². The van der Waals surface area contributed by atoms with Crippen LogP contribution in [-0.2, 0) is 41.0 Å². The van der Waals surface area contributed by atoms with Gasteiger partial charge in [-0.3, -0.25) is 0 Å². The quantitative estimate of drug-likeness (QED) is 0.233. The third kappa shape index (κ3) is 8.09. The number of hydrogen-bond donors (Lipinski definition) is 4. The molecule has 5 heteroatoms. The standard InChI is InChI=1S/C32H44N2O2.Mn/c1-21-14-24(29(35)26(16-21)31(3,4)5)18-33-20-28(23-12-10-9-11-13-23)34-19-25-15-22(2)17-27(30(25)36)32(6,7)8;/h9-17,28,33-36H,18-20H2,1-8H3;/t28-;/m0./s1. The summed E-state index contributed by atoms with van der Waals surface area (Å²) >= 11 is 0. The fourth-order valence-electron chi connectivity index (χ4n) is 4.70. The van der Waals surface area contributed by atoms with E-state index in [1.807, 2.05) is 18.2 Å². The number of aromatic hydroxyl groups is 2. The second-order valence-electron chi connectivity index (χ2n) is 12.1. The zero-order chi connectivity index (χ0) is 26.7. The van der Waals surface area contributed by atoms with Crippen LogP contribution in [-0.4, -0.2) is 16.8 Å². The zero-order valence-corrected chi connectivity index (χ0v) is 24.8. The van der Waals surface area contributed by atoms with Gasteiger partial charge in [0.05, 0.1) is 0 Å². The molecule has 3 aromatic rings. The Morgan fingerprint density at radius 3 is 1.62 bits per heavy atom.